The van der Waals surface area contributed by atoms with Gasteiger partial charge in [0, 0.05) is 15.6 Å². The topological polar surface area (TPSA) is 0 Å². The molecule has 0 heterocycles. The van der Waals surface area contributed by atoms with Gasteiger partial charge in [0.15, 0.2) is 0 Å². The van der Waals surface area contributed by atoms with Gasteiger partial charge in [0.1, 0.15) is 0 Å². The van der Waals surface area contributed by atoms with Crippen LogP contribution in [0.5, 0.6) is 0 Å². The van der Waals surface area contributed by atoms with E-state index in [1.54, 1.807) is 0 Å². The average Bonchev–Trinajstić information content (AvgIpc) is 3.32. The van der Waals surface area contributed by atoms with E-state index < -0.39 is 0 Å². The largest absolute Gasteiger partial charge is 0.121 e. The Kier molecular flexibility index (Phi) is 3.51. The van der Waals surface area contributed by atoms with Crippen LogP contribution in [-0.4, -0.2) is 5.25 Å². The van der Waals surface area contributed by atoms with Crippen molar-refractivity contribution in [2.45, 2.75) is 22.0 Å². The zero-order valence-electron chi connectivity index (χ0n) is 12.4. The second-order valence-electron chi connectivity index (χ2n) is 5.83. The fourth-order valence-corrected chi connectivity index (χ4v) is 4.75. The minimum absolute atomic E-state index is 0.170. The fraction of sp³-hybridized carbons (Fsp3) is 0.143. The van der Waals surface area contributed by atoms with Crippen LogP contribution in [0.3, 0.4) is 0 Å². The molecule has 0 saturated heterocycles. The van der Waals surface area contributed by atoms with E-state index in [1.165, 1.54) is 22.4 Å². The first-order valence-electron chi connectivity index (χ1n) is 7.72. The highest BCUT2D eigenvalue weighted by Gasteiger charge is 2.56. The van der Waals surface area contributed by atoms with Gasteiger partial charge < -0.3 is 0 Å². The van der Waals surface area contributed by atoms with E-state index in [0.29, 0.717) is 5.25 Å². The summed E-state index contributed by atoms with van der Waals surface area (Å²) in [6.45, 7) is 0. The van der Waals surface area contributed by atoms with Crippen LogP contribution in [0.2, 0.25) is 0 Å². The van der Waals surface area contributed by atoms with Gasteiger partial charge in [0.25, 0.3) is 0 Å². The van der Waals surface area contributed by atoms with Crippen molar-refractivity contribution in [1.29, 1.82) is 0 Å². The molecular formula is C21H18S. The van der Waals surface area contributed by atoms with Crippen LogP contribution in [0, 0.1) is 0 Å². The molecule has 22 heavy (non-hydrogen) atoms. The zero-order chi connectivity index (χ0) is 14.8. The summed E-state index contributed by atoms with van der Waals surface area (Å²) >= 11 is 2.01. The van der Waals surface area contributed by atoms with Gasteiger partial charge in [-0.05, 0) is 29.7 Å². The molecule has 0 radical (unpaired) electrons. The standard InChI is InChI=1S/C21H18S/c1-4-10-17(11-5-1)21(18-12-6-2-7-13-18)16-20(21)22-19-14-8-3-9-15-19/h1-15,20H,16H2. The van der Waals surface area contributed by atoms with Crippen molar-refractivity contribution in [2.24, 2.45) is 0 Å². The molecule has 0 amide bonds. The smallest absolute Gasteiger partial charge is 0.0336 e. The summed E-state index contributed by atoms with van der Waals surface area (Å²) in [5.41, 5.74) is 3.05. The van der Waals surface area contributed by atoms with Crippen LogP contribution in [-0.2, 0) is 5.41 Å². The molecule has 1 fully saturated rings. The monoisotopic (exact) mass is 302 g/mol. The normalized spacial score (nSPS) is 18.8. The third-order valence-corrected chi connectivity index (χ3v) is 5.89. The Bertz CT molecular complexity index is 695. The van der Waals surface area contributed by atoms with Crippen LogP contribution >= 0.6 is 11.8 Å². The zero-order valence-corrected chi connectivity index (χ0v) is 13.2. The number of rotatable bonds is 4. The second kappa shape index (κ2) is 5.66. The molecule has 1 aliphatic carbocycles. The Morgan fingerprint density at radius 3 is 1.59 bits per heavy atom. The van der Waals surface area contributed by atoms with Gasteiger partial charge in [0.05, 0.1) is 0 Å². The summed E-state index contributed by atoms with van der Waals surface area (Å²) in [6, 6.07) is 32.7. The molecule has 3 aromatic rings. The lowest BCUT2D eigenvalue weighted by molar-refractivity contribution is 0.851. The van der Waals surface area contributed by atoms with E-state index >= 15 is 0 Å². The van der Waals surface area contributed by atoms with Crippen LogP contribution in [0.1, 0.15) is 17.5 Å². The molecule has 108 valence electrons. The van der Waals surface area contributed by atoms with Crippen LogP contribution in [0.25, 0.3) is 0 Å². The second-order valence-corrected chi connectivity index (χ2v) is 7.10. The highest BCUT2D eigenvalue weighted by atomic mass is 32.2. The highest BCUT2D eigenvalue weighted by Crippen LogP contribution is 2.60. The first-order chi connectivity index (χ1) is 10.9. The molecule has 0 bridgehead atoms. The molecular weight excluding hydrogens is 284 g/mol. The molecule has 0 aromatic heterocycles. The first kappa shape index (κ1) is 13.7. The third kappa shape index (κ3) is 2.36. The lowest BCUT2D eigenvalue weighted by Gasteiger charge is -2.19. The molecule has 1 heteroatoms. The highest BCUT2D eigenvalue weighted by molar-refractivity contribution is 8.00. The van der Waals surface area contributed by atoms with Gasteiger partial charge in [-0.1, -0.05) is 78.9 Å². The van der Waals surface area contributed by atoms with Crippen molar-refractivity contribution in [1.82, 2.24) is 0 Å². The first-order valence-corrected chi connectivity index (χ1v) is 8.60. The Balaban J connectivity index is 1.71. The molecule has 1 atom stereocenters. The number of thioether (sulfide) groups is 1. The molecule has 0 N–H and O–H groups in total. The van der Waals surface area contributed by atoms with Crippen molar-refractivity contribution >= 4 is 11.8 Å². The Labute approximate surface area is 136 Å². The molecule has 3 aromatic carbocycles. The summed E-state index contributed by atoms with van der Waals surface area (Å²) in [5.74, 6) is 0. The average molecular weight is 302 g/mol. The molecule has 1 unspecified atom stereocenters. The maximum atomic E-state index is 2.28. The predicted molar refractivity (Wildman–Crippen MR) is 94.4 cm³/mol. The Hall–Kier alpha value is -1.99. The quantitative estimate of drug-likeness (QED) is 0.610. The summed E-state index contributed by atoms with van der Waals surface area (Å²) < 4.78 is 0. The van der Waals surface area contributed by atoms with Crippen molar-refractivity contribution in [3.8, 4) is 0 Å². The van der Waals surface area contributed by atoms with Gasteiger partial charge in [-0.3, -0.25) is 0 Å². The maximum Gasteiger partial charge on any atom is 0.0336 e. The number of hydrogen-bond acceptors (Lipinski definition) is 1. The molecule has 0 spiro atoms. The lowest BCUT2D eigenvalue weighted by Crippen LogP contribution is -2.13. The van der Waals surface area contributed by atoms with Crippen molar-refractivity contribution in [3.63, 3.8) is 0 Å². The van der Waals surface area contributed by atoms with Gasteiger partial charge in [0.2, 0.25) is 0 Å². The molecule has 0 nitrogen and oxygen atoms in total. The van der Waals surface area contributed by atoms with Gasteiger partial charge in [-0.2, -0.15) is 0 Å². The van der Waals surface area contributed by atoms with Crippen molar-refractivity contribution < 1.29 is 0 Å². The number of hydrogen-bond donors (Lipinski definition) is 0. The van der Waals surface area contributed by atoms with Crippen LogP contribution in [0.4, 0.5) is 0 Å². The van der Waals surface area contributed by atoms with Crippen LogP contribution < -0.4 is 0 Å². The van der Waals surface area contributed by atoms with E-state index in [1.807, 2.05) is 11.8 Å². The summed E-state index contributed by atoms with van der Waals surface area (Å²) in [4.78, 5) is 1.36. The van der Waals surface area contributed by atoms with Crippen molar-refractivity contribution in [2.75, 3.05) is 0 Å². The molecule has 4 rings (SSSR count). The Morgan fingerprint density at radius 1 is 0.636 bits per heavy atom. The van der Waals surface area contributed by atoms with E-state index in [2.05, 4.69) is 91.0 Å². The van der Waals surface area contributed by atoms with E-state index in [-0.39, 0.29) is 5.41 Å². The Morgan fingerprint density at radius 2 is 1.09 bits per heavy atom. The van der Waals surface area contributed by atoms with Crippen molar-refractivity contribution in [3.05, 3.63) is 102 Å². The van der Waals surface area contributed by atoms with Gasteiger partial charge in [-0.15, -0.1) is 11.8 Å². The SMILES string of the molecule is c1ccc(SC2CC2(c2ccccc2)c2ccccc2)cc1. The minimum atomic E-state index is 0.170. The van der Waals surface area contributed by atoms with E-state index in [4.69, 9.17) is 0 Å². The van der Waals surface area contributed by atoms with Gasteiger partial charge >= 0.3 is 0 Å². The summed E-state index contributed by atoms with van der Waals surface area (Å²) in [7, 11) is 0. The lowest BCUT2D eigenvalue weighted by atomic mass is 9.88. The van der Waals surface area contributed by atoms with E-state index in [0.717, 1.165) is 0 Å². The maximum absolute atomic E-state index is 2.28. The third-order valence-electron chi connectivity index (χ3n) is 4.50. The molecule has 1 aliphatic rings. The fourth-order valence-electron chi connectivity index (χ4n) is 3.28. The van der Waals surface area contributed by atoms with Gasteiger partial charge in [-0.25, -0.2) is 0 Å². The molecule has 0 aliphatic heterocycles. The van der Waals surface area contributed by atoms with Crippen LogP contribution in [0.15, 0.2) is 95.9 Å². The number of benzene rings is 3. The summed E-state index contributed by atoms with van der Waals surface area (Å²) in [6.07, 6.45) is 1.21. The molecule has 1 saturated carbocycles. The minimum Gasteiger partial charge on any atom is -0.121 e. The summed E-state index contributed by atoms with van der Waals surface area (Å²) in [5, 5.41) is 0.611. The predicted octanol–water partition coefficient (Wildman–Crippen LogP) is 5.54. The van der Waals surface area contributed by atoms with E-state index in [9.17, 15) is 0 Å².